The summed E-state index contributed by atoms with van der Waals surface area (Å²) in [7, 11) is 4.02. The van der Waals surface area contributed by atoms with Gasteiger partial charge in [-0.3, -0.25) is 4.98 Å². The van der Waals surface area contributed by atoms with Crippen LogP contribution >= 0.6 is 11.6 Å². The predicted octanol–water partition coefficient (Wildman–Crippen LogP) is 3.75. The molecule has 9 nitrogen and oxygen atoms in total. The summed E-state index contributed by atoms with van der Waals surface area (Å²) in [6, 6.07) is 9.59. The molecule has 1 aliphatic heterocycles. The minimum absolute atomic E-state index is 0.201. The van der Waals surface area contributed by atoms with Gasteiger partial charge in [0.15, 0.2) is 11.6 Å². The second kappa shape index (κ2) is 11.2. The van der Waals surface area contributed by atoms with Crippen LogP contribution in [0, 0.1) is 5.82 Å². The molecule has 0 aliphatic carbocycles. The van der Waals surface area contributed by atoms with Crippen molar-refractivity contribution < 1.29 is 9.13 Å². The highest BCUT2D eigenvalue weighted by atomic mass is 35.5. The van der Waals surface area contributed by atoms with Crippen LogP contribution in [-0.2, 0) is 11.3 Å². The molecule has 2 N–H and O–H groups in total. The van der Waals surface area contributed by atoms with Crippen LogP contribution in [0.15, 0.2) is 47.8 Å². The Bertz CT molecular complexity index is 1140. The van der Waals surface area contributed by atoms with Crippen molar-refractivity contribution in [2.24, 2.45) is 5.10 Å². The molecule has 0 amide bonds. The van der Waals surface area contributed by atoms with E-state index in [-0.39, 0.29) is 11.8 Å². The van der Waals surface area contributed by atoms with E-state index in [1.165, 1.54) is 0 Å². The van der Waals surface area contributed by atoms with Crippen molar-refractivity contribution in [3.8, 4) is 0 Å². The molecule has 0 atom stereocenters. The topological polar surface area (TPSA) is 90.8 Å². The molecule has 1 saturated heterocycles. The first kappa shape index (κ1) is 23.8. The number of rotatable bonds is 8. The number of aromatic nitrogens is 3. The third-order valence-electron chi connectivity index (χ3n) is 4.93. The van der Waals surface area contributed by atoms with Gasteiger partial charge in [-0.1, -0.05) is 11.6 Å². The molecule has 1 aromatic carbocycles. The molecule has 4 rings (SSSR count). The zero-order chi connectivity index (χ0) is 23.9. The minimum atomic E-state index is -0.477. The Hall–Kier alpha value is -3.34. The van der Waals surface area contributed by atoms with Gasteiger partial charge in [0, 0.05) is 30.3 Å². The van der Waals surface area contributed by atoms with E-state index in [9.17, 15) is 4.39 Å². The van der Waals surface area contributed by atoms with Gasteiger partial charge in [-0.25, -0.2) is 14.8 Å². The van der Waals surface area contributed by atoms with Gasteiger partial charge in [-0.2, -0.15) is 10.1 Å². The van der Waals surface area contributed by atoms with Gasteiger partial charge in [-0.05, 0) is 50.0 Å². The summed E-state index contributed by atoms with van der Waals surface area (Å²) in [5.74, 6) is -0.0408. The molecule has 34 heavy (non-hydrogen) atoms. The lowest BCUT2D eigenvalue weighted by molar-refractivity contribution is 0.122. The molecule has 11 heteroatoms. The Labute approximate surface area is 202 Å². The number of morpholine rings is 1. The maximum Gasteiger partial charge on any atom is 0.245 e. The fourth-order valence-electron chi connectivity index (χ4n) is 3.47. The first-order valence-corrected chi connectivity index (χ1v) is 11.2. The van der Waals surface area contributed by atoms with Gasteiger partial charge in [0.1, 0.15) is 0 Å². The lowest BCUT2D eigenvalue weighted by Gasteiger charge is -2.27. The lowest BCUT2D eigenvalue weighted by Crippen LogP contribution is -2.37. The van der Waals surface area contributed by atoms with Crippen molar-refractivity contribution in [2.75, 3.05) is 56.0 Å². The van der Waals surface area contributed by atoms with E-state index in [1.54, 1.807) is 12.4 Å². The zero-order valence-corrected chi connectivity index (χ0v) is 19.8. The summed E-state index contributed by atoms with van der Waals surface area (Å²) < 4.78 is 19.4. The number of ether oxygens (including phenoxy) is 1. The molecule has 0 unspecified atom stereocenters. The maximum absolute atomic E-state index is 14.1. The Morgan fingerprint density at radius 2 is 1.97 bits per heavy atom. The van der Waals surface area contributed by atoms with Gasteiger partial charge >= 0.3 is 0 Å². The number of hydrogen-bond acceptors (Lipinski definition) is 9. The predicted molar refractivity (Wildman–Crippen MR) is 133 cm³/mol. The molecule has 178 valence electrons. The number of hydrazone groups is 1. The largest absolute Gasteiger partial charge is 0.378 e. The number of nitrogens with zero attached hydrogens (tertiary/aromatic N) is 6. The molecule has 0 radical (unpaired) electrons. The van der Waals surface area contributed by atoms with Crippen molar-refractivity contribution >= 4 is 41.0 Å². The van der Waals surface area contributed by atoms with E-state index >= 15 is 0 Å². The van der Waals surface area contributed by atoms with Crippen LogP contribution in [0.25, 0.3) is 0 Å². The standard InChI is InChI=1S/C23H26ClFN8O/c1-32(2)15-16-9-17(24)11-20(10-16)29-19-4-3-18(26-12-19)13-28-31-23-27-14-21(25)22(30-23)33-5-7-34-8-6-33/h3-4,9-14,29H,5-8,15H2,1-2H3,(H,27,30,31)/b28-13+. The summed E-state index contributed by atoms with van der Waals surface area (Å²) in [6.07, 6.45) is 4.38. The number of hydrogen-bond donors (Lipinski definition) is 2. The third-order valence-corrected chi connectivity index (χ3v) is 5.15. The molecule has 2 aromatic heterocycles. The third kappa shape index (κ3) is 6.60. The normalized spacial score (nSPS) is 14.1. The first-order valence-electron chi connectivity index (χ1n) is 10.8. The molecule has 0 saturated carbocycles. The molecular weight excluding hydrogens is 459 g/mol. The number of anilines is 4. The Morgan fingerprint density at radius 3 is 2.71 bits per heavy atom. The average Bonchev–Trinajstić information content (AvgIpc) is 2.81. The van der Waals surface area contributed by atoms with Gasteiger partial charge in [0.2, 0.25) is 5.95 Å². The second-order valence-corrected chi connectivity index (χ2v) is 8.45. The van der Waals surface area contributed by atoms with Crippen LogP contribution < -0.4 is 15.6 Å². The summed E-state index contributed by atoms with van der Waals surface area (Å²) in [4.78, 5) is 16.5. The van der Waals surface area contributed by atoms with Crippen molar-refractivity contribution in [3.63, 3.8) is 0 Å². The van der Waals surface area contributed by atoms with E-state index in [2.05, 4.69) is 41.8 Å². The van der Waals surface area contributed by atoms with Crippen molar-refractivity contribution in [2.45, 2.75) is 6.54 Å². The van der Waals surface area contributed by atoms with Crippen molar-refractivity contribution in [1.29, 1.82) is 0 Å². The Kier molecular flexibility index (Phi) is 7.84. The van der Waals surface area contributed by atoms with Gasteiger partial charge in [0.05, 0.1) is 43.2 Å². The van der Waals surface area contributed by atoms with Crippen molar-refractivity contribution in [3.05, 3.63) is 64.8 Å². The zero-order valence-electron chi connectivity index (χ0n) is 19.0. The fraction of sp³-hybridized carbons (Fsp3) is 0.304. The van der Waals surface area contributed by atoms with E-state index < -0.39 is 5.82 Å². The minimum Gasteiger partial charge on any atom is -0.378 e. The lowest BCUT2D eigenvalue weighted by atomic mass is 10.2. The smallest absolute Gasteiger partial charge is 0.245 e. The van der Waals surface area contributed by atoms with E-state index in [0.717, 1.165) is 29.7 Å². The molecular formula is C23H26ClFN8O. The second-order valence-electron chi connectivity index (χ2n) is 8.02. The molecule has 3 aromatic rings. The van der Waals surface area contributed by atoms with Gasteiger partial charge < -0.3 is 19.9 Å². The fourth-order valence-corrected chi connectivity index (χ4v) is 3.72. The van der Waals surface area contributed by atoms with Crippen LogP contribution in [0.5, 0.6) is 0 Å². The van der Waals surface area contributed by atoms with Crippen LogP contribution in [0.3, 0.4) is 0 Å². The highest BCUT2D eigenvalue weighted by molar-refractivity contribution is 6.31. The van der Waals surface area contributed by atoms with Crippen molar-refractivity contribution in [1.82, 2.24) is 19.9 Å². The first-order chi connectivity index (χ1) is 16.5. The Balaban J connectivity index is 1.37. The Morgan fingerprint density at radius 1 is 1.15 bits per heavy atom. The summed E-state index contributed by atoms with van der Waals surface area (Å²) in [6.45, 7) is 3.02. The number of benzene rings is 1. The summed E-state index contributed by atoms with van der Waals surface area (Å²) >= 11 is 6.26. The molecule has 1 fully saturated rings. The summed E-state index contributed by atoms with van der Waals surface area (Å²) in [5, 5.41) is 8.11. The van der Waals surface area contributed by atoms with Crippen LogP contribution in [-0.4, -0.2) is 66.5 Å². The molecule has 1 aliphatic rings. The van der Waals surface area contributed by atoms with Crippen LogP contribution in [0.4, 0.5) is 27.5 Å². The highest BCUT2D eigenvalue weighted by Crippen LogP contribution is 2.23. The van der Waals surface area contributed by atoms with E-state index in [1.807, 2.05) is 43.3 Å². The average molecular weight is 485 g/mol. The van der Waals surface area contributed by atoms with Gasteiger partial charge in [0.25, 0.3) is 0 Å². The SMILES string of the molecule is CN(C)Cc1cc(Cl)cc(Nc2ccc(/C=N/Nc3ncc(F)c(N4CCOCC4)n3)nc2)c1. The summed E-state index contributed by atoms with van der Waals surface area (Å²) in [5.41, 5.74) is 6.18. The molecule has 0 bridgehead atoms. The quantitative estimate of drug-likeness (QED) is 0.369. The monoisotopic (exact) mass is 484 g/mol. The van der Waals surface area contributed by atoms with E-state index in [0.29, 0.717) is 37.0 Å². The highest BCUT2D eigenvalue weighted by Gasteiger charge is 2.17. The van der Waals surface area contributed by atoms with Gasteiger partial charge in [-0.15, -0.1) is 0 Å². The van der Waals surface area contributed by atoms with Crippen LogP contribution in [0.2, 0.25) is 5.02 Å². The number of pyridine rings is 1. The number of nitrogens with one attached hydrogen (secondary N) is 2. The molecule has 3 heterocycles. The molecule has 0 spiro atoms. The van der Waals surface area contributed by atoms with Crippen LogP contribution in [0.1, 0.15) is 11.3 Å². The maximum atomic E-state index is 14.1. The number of halogens is 2. The van der Waals surface area contributed by atoms with E-state index in [4.69, 9.17) is 16.3 Å².